The number of aryl methyl sites for hydroxylation is 1. The number of anilines is 1. The van der Waals surface area contributed by atoms with Gasteiger partial charge in [-0.3, -0.25) is 9.59 Å². The standard InChI is InChI=1S/C16H17ClN2O3S/c1-8-10(3)23-16(13(8)14(18)20)19-15(21)9(2)22-12-7-5-4-6-11(12)17/h4-7,9H,1-3H3,(H2,18,20)(H,19,21)/t9-/m1/s1. The first-order valence-corrected chi connectivity index (χ1v) is 8.12. The molecule has 0 saturated heterocycles. The number of hydrogen-bond acceptors (Lipinski definition) is 4. The Hall–Kier alpha value is -2.05. The molecule has 0 fully saturated rings. The zero-order valence-corrected chi connectivity index (χ0v) is 14.5. The molecule has 2 rings (SSSR count). The number of carbonyl (C=O) groups excluding carboxylic acids is 2. The van der Waals surface area contributed by atoms with E-state index in [0.717, 1.165) is 10.4 Å². The van der Waals surface area contributed by atoms with Gasteiger partial charge in [-0.15, -0.1) is 11.3 Å². The molecule has 7 heteroatoms. The number of carbonyl (C=O) groups is 2. The molecule has 0 saturated carbocycles. The molecule has 1 aromatic heterocycles. The van der Waals surface area contributed by atoms with Crippen LogP contribution in [0.15, 0.2) is 24.3 Å². The Morgan fingerprint density at radius 1 is 1.30 bits per heavy atom. The molecule has 0 aliphatic heterocycles. The molecule has 0 spiro atoms. The lowest BCUT2D eigenvalue weighted by Crippen LogP contribution is -2.30. The van der Waals surface area contributed by atoms with Crippen molar-refractivity contribution in [2.45, 2.75) is 26.9 Å². The van der Waals surface area contributed by atoms with Crippen LogP contribution in [0.3, 0.4) is 0 Å². The van der Waals surface area contributed by atoms with Gasteiger partial charge in [0.05, 0.1) is 10.6 Å². The zero-order chi connectivity index (χ0) is 17.1. The molecule has 0 unspecified atom stereocenters. The van der Waals surface area contributed by atoms with E-state index in [0.29, 0.717) is 21.3 Å². The Morgan fingerprint density at radius 2 is 1.96 bits per heavy atom. The third kappa shape index (κ3) is 3.83. The zero-order valence-electron chi connectivity index (χ0n) is 13.0. The molecule has 0 aliphatic rings. The van der Waals surface area contributed by atoms with E-state index >= 15 is 0 Å². The first-order valence-electron chi connectivity index (χ1n) is 6.93. The van der Waals surface area contributed by atoms with E-state index in [1.807, 2.05) is 6.92 Å². The van der Waals surface area contributed by atoms with Crippen molar-refractivity contribution in [2.24, 2.45) is 5.73 Å². The second-order valence-electron chi connectivity index (χ2n) is 5.03. The van der Waals surface area contributed by atoms with Gasteiger partial charge in [0.2, 0.25) is 0 Å². The highest BCUT2D eigenvalue weighted by Crippen LogP contribution is 2.32. The first-order chi connectivity index (χ1) is 10.8. The first kappa shape index (κ1) is 17.3. The predicted octanol–water partition coefficient (Wildman–Crippen LogP) is 3.52. The van der Waals surface area contributed by atoms with E-state index in [1.165, 1.54) is 11.3 Å². The summed E-state index contributed by atoms with van der Waals surface area (Å²) < 4.78 is 5.56. The SMILES string of the molecule is Cc1sc(NC(=O)[C@@H](C)Oc2ccccc2Cl)c(C(N)=O)c1C. The fraction of sp³-hybridized carbons (Fsp3) is 0.250. The van der Waals surface area contributed by atoms with Gasteiger partial charge in [0, 0.05) is 4.88 Å². The third-order valence-electron chi connectivity index (χ3n) is 3.38. The van der Waals surface area contributed by atoms with Gasteiger partial charge in [-0.1, -0.05) is 23.7 Å². The van der Waals surface area contributed by atoms with Crippen molar-refractivity contribution in [2.75, 3.05) is 5.32 Å². The maximum atomic E-state index is 12.3. The van der Waals surface area contributed by atoms with Crippen LogP contribution in [0.1, 0.15) is 27.7 Å². The van der Waals surface area contributed by atoms with Crippen LogP contribution in [0.25, 0.3) is 0 Å². The van der Waals surface area contributed by atoms with Gasteiger partial charge in [-0.05, 0) is 38.5 Å². The van der Waals surface area contributed by atoms with Crippen LogP contribution in [0.5, 0.6) is 5.75 Å². The molecule has 0 aliphatic carbocycles. The lowest BCUT2D eigenvalue weighted by molar-refractivity contribution is -0.122. The fourth-order valence-corrected chi connectivity index (χ4v) is 3.26. The van der Waals surface area contributed by atoms with Crippen LogP contribution in [0.2, 0.25) is 5.02 Å². The highest BCUT2D eigenvalue weighted by molar-refractivity contribution is 7.16. The summed E-state index contributed by atoms with van der Waals surface area (Å²) >= 11 is 7.32. The predicted molar refractivity (Wildman–Crippen MR) is 92.5 cm³/mol. The monoisotopic (exact) mass is 352 g/mol. The second-order valence-corrected chi connectivity index (χ2v) is 6.66. The highest BCUT2D eigenvalue weighted by atomic mass is 35.5. The smallest absolute Gasteiger partial charge is 0.265 e. The average Bonchev–Trinajstić information content (AvgIpc) is 2.76. The van der Waals surface area contributed by atoms with E-state index in [-0.39, 0.29) is 5.91 Å². The number of ether oxygens (including phenoxy) is 1. The maximum absolute atomic E-state index is 12.3. The van der Waals surface area contributed by atoms with E-state index in [9.17, 15) is 9.59 Å². The van der Waals surface area contributed by atoms with Gasteiger partial charge < -0.3 is 15.8 Å². The molecular formula is C16H17ClN2O3S. The van der Waals surface area contributed by atoms with Crippen molar-refractivity contribution >= 4 is 39.8 Å². The molecular weight excluding hydrogens is 336 g/mol. The van der Waals surface area contributed by atoms with Crippen LogP contribution in [0.4, 0.5) is 5.00 Å². The number of halogens is 1. The lowest BCUT2D eigenvalue weighted by Gasteiger charge is -2.15. The Bertz CT molecular complexity index is 758. The summed E-state index contributed by atoms with van der Waals surface area (Å²) in [4.78, 5) is 24.8. The molecule has 5 nitrogen and oxygen atoms in total. The van der Waals surface area contributed by atoms with Crippen LogP contribution in [-0.4, -0.2) is 17.9 Å². The van der Waals surface area contributed by atoms with E-state index < -0.39 is 12.0 Å². The van der Waals surface area contributed by atoms with Crippen LogP contribution in [0, 0.1) is 13.8 Å². The second kappa shape index (κ2) is 7.02. The van der Waals surface area contributed by atoms with Crippen molar-refractivity contribution in [1.29, 1.82) is 0 Å². The quantitative estimate of drug-likeness (QED) is 0.863. The van der Waals surface area contributed by atoms with Gasteiger partial charge >= 0.3 is 0 Å². The number of primary amides is 1. The normalized spacial score (nSPS) is 11.8. The summed E-state index contributed by atoms with van der Waals surface area (Å²) in [5, 5.41) is 3.56. The fourth-order valence-electron chi connectivity index (χ4n) is 2.01. The molecule has 1 atom stereocenters. The minimum atomic E-state index is -0.779. The minimum Gasteiger partial charge on any atom is -0.479 e. The Labute approximate surface area is 143 Å². The van der Waals surface area contributed by atoms with Gasteiger partial charge in [0.15, 0.2) is 6.10 Å². The van der Waals surface area contributed by atoms with E-state index in [1.54, 1.807) is 38.1 Å². The van der Waals surface area contributed by atoms with Gasteiger partial charge in [0.1, 0.15) is 10.8 Å². The molecule has 1 heterocycles. The van der Waals surface area contributed by atoms with E-state index in [2.05, 4.69) is 5.32 Å². The summed E-state index contributed by atoms with van der Waals surface area (Å²) in [6.07, 6.45) is -0.779. The number of amides is 2. The summed E-state index contributed by atoms with van der Waals surface area (Å²) in [6.45, 7) is 5.27. The lowest BCUT2D eigenvalue weighted by atomic mass is 10.1. The topological polar surface area (TPSA) is 81.4 Å². The van der Waals surface area contributed by atoms with Crippen LogP contribution >= 0.6 is 22.9 Å². The van der Waals surface area contributed by atoms with Crippen LogP contribution < -0.4 is 15.8 Å². The molecule has 2 aromatic rings. The Morgan fingerprint density at radius 3 is 2.57 bits per heavy atom. The molecule has 122 valence electrons. The van der Waals surface area contributed by atoms with Gasteiger partial charge in [0.25, 0.3) is 11.8 Å². The molecule has 0 bridgehead atoms. The van der Waals surface area contributed by atoms with Crippen molar-refractivity contribution in [3.05, 3.63) is 45.3 Å². The Balaban J connectivity index is 2.15. The maximum Gasteiger partial charge on any atom is 0.265 e. The molecule has 23 heavy (non-hydrogen) atoms. The minimum absolute atomic E-state index is 0.339. The largest absolute Gasteiger partial charge is 0.479 e. The van der Waals surface area contributed by atoms with Crippen molar-refractivity contribution in [3.8, 4) is 5.75 Å². The van der Waals surface area contributed by atoms with Crippen molar-refractivity contribution in [3.63, 3.8) is 0 Å². The summed E-state index contributed by atoms with van der Waals surface area (Å²) in [5.41, 5.74) is 6.51. The average molecular weight is 353 g/mol. The van der Waals surface area contributed by atoms with Gasteiger partial charge in [-0.2, -0.15) is 0 Å². The Kier molecular flexibility index (Phi) is 5.28. The highest BCUT2D eigenvalue weighted by Gasteiger charge is 2.22. The van der Waals surface area contributed by atoms with Crippen molar-refractivity contribution < 1.29 is 14.3 Å². The van der Waals surface area contributed by atoms with Gasteiger partial charge in [-0.25, -0.2) is 0 Å². The third-order valence-corrected chi connectivity index (χ3v) is 4.81. The number of nitrogens with two attached hydrogens (primary N) is 1. The van der Waals surface area contributed by atoms with E-state index in [4.69, 9.17) is 22.1 Å². The summed E-state index contributed by atoms with van der Waals surface area (Å²) in [5.74, 6) is -0.527. The number of para-hydroxylation sites is 1. The number of rotatable bonds is 5. The number of benzene rings is 1. The molecule has 0 radical (unpaired) electrons. The number of nitrogens with one attached hydrogen (secondary N) is 1. The molecule has 2 amide bonds. The number of thiophene rings is 1. The van der Waals surface area contributed by atoms with Crippen molar-refractivity contribution in [1.82, 2.24) is 0 Å². The number of hydrogen-bond donors (Lipinski definition) is 2. The molecule has 1 aromatic carbocycles. The molecule has 3 N–H and O–H groups in total. The van der Waals surface area contributed by atoms with Crippen LogP contribution in [-0.2, 0) is 4.79 Å². The summed E-state index contributed by atoms with van der Waals surface area (Å²) in [6, 6.07) is 6.90. The summed E-state index contributed by atoms with van der Waals surface area (Å²) in [7, 11) is 0.